The molecule has 5 nitrogen and oxygen atoms in total. The number of ether oxygens (including phenoxy) is 1. The summed E-state index contributed by atoms with van der Waals surface area (Å²) >= 11 is 0. The van der Waals surface area contributed by atoms with Gasteiger partial charge in [-0.2, -0.15) is 5.48 Å². The summed E-state index contributed by atoms with van der Waals surface area (Å²) in [7, 11) is 0. The van der Waals surface area contributed by atoms with Crippen LogP contribution in [-0.2, 0) is 14.4 Å². The molecule has 0 aromatic carbocycles. The van der Waals surface area contributed by atoms with Gasteiger partial charge in [0.15, 0.2) is 0 Å². The molecule has 4 fully saturated rings. The van der Waals surface area contributed by atoms with Crippen molar-refractivity contribution in [2.24, 2.45) is 34.5 Å². The molecule has 8 atom stereocenters. The van der Waals surface area contributed by atoms with Gasteiger partial charge in [-0.3, -0.25) is 4.84 Å². The van der Waals surface area contributed by atoms with E-state index in [0.717, 1.165) is 37.7 Å². The van der Waals surface area contributed by atoms with Crippen molar-refractivity contribution >= 4 is 5.97 Å². The highest BCUT2D eigenvalue weighted by Crippen LogP contribution is 2.69. The molecular formula is C27H43NO4. The highest BCUT2D eigenvalue weighted by Gasteiger charge is 2.67. The molecule has 0 saturated heterocycles. The first-order valence-electron chi connectivity index (χ1n) is 13.0. The van der Waals surface area contributed by atoms with Gasteiger partial charge in [0.05, 0.1) is 11.2 Å². The van der Waals surface area contributed by atoms with Crippen LogP contribution >= 0.6 is 0 Å². The molecule has 0 spiro atoms. The van der Waals surface area contributed by atoms with E-state index in [0.29, 0.717) is 35.8 Å². The van der Waals surface area contributed by atoms with Crippen LogP contribution in [0.5, 0.6) is 0 Å². The predicted molar refractivity (Wildman–Crippen MR) is 123 cm³/mol. The zero-order valence-electron chi connectivity index (χ0n) is 20.7. The number of hydrogen-bond acceptors (Lipinski definition) is 5. The zero-order chi connectivity index (χ0) is 22.9. The lowest BCUT2D eigenvalue weighted by atomic mass is 9.43. The Bertz CT molecular complexity index is 802. The molecule has 32 heavy (non-hydrogen) atoms. The van der Waals surface area contributed by atoms with Crippen LogP contribution in [0.4, 0.5) is 0 Å². The van der Waals surface area contributed by atoms with Gasteiger partial charge < -0.3 is 9.84 Å². The third kappa shape index (κ3) is 3.41. The fourth-order valence-corrected chi connectivity index (χ4v) is 8.78. The molecule has 1 heterocycles. The molecule has 4 saturated carbocycles. The molecule has 0 unspecified atom stereocenters. The summed E-state index contributed by atoms with van der Waals surface area (Å²) in [6.45, 7) is 11.5. The fourth-order valence-electron chi connectivity index (χ4n) is 8.78. The van der Waals surface area contributed by atoms with Crippen molar-refractivity contribution in [2.45, 2.75) is 110 Å². The smallest absolute Gasteiger partial charge is 0.331 e. The second-order valence-corrected chi connectivity index (χ2v) is 13.1. The maximum absolute atomic E-state index is 12.3. The van der Waals surface area contributed by atoms with Gasteiger partial charge in [-0.05, 0) is 113 Å². The summed E-state index contributed by atoms with van der Waals surface area (Å²) in [5.74, 6) is 1.74. The first-order valence-corrected chi connectivity index (χ1v) is 13.0. The maximum Gasteiger partial charge on any atom is 0.331 e. The van der Waals surface area contributed by atoms with E-state index < -0.39 is 5.60 Å². The minimum atomic E-state index is -0.620. The van der Waals surface area contributed by atoms with Gasteiger partial charge in [-0.15, -0.1) is 0 Å². The highest BCUT2D eigenvalue weighted by atomic mass is 16.7. The molecule has 0 bridgehead atoms. The first kappa shape index (κ1) is 22.9. The molecule has 180 valence electrons. The number of carbonyl (C=O) groups is 1. The molecule has 0 aromatic heterocycles. The quantitative estimate of drug-likeness (QED) is 0.476. The first-order chi connectivity index (χ1) is 15.0. The van der Waals surface area contributed by atoms with Crippen molar-refractivity contribution in [3.05, 3.63) is 11.6 Å². The van der Waals surface area contributed by atoms with E-state index in [1.54, 1.807) is 6.08 Å². The monoisotopic (exact) mass is 445 g/mol. The number of cyclic esters (lactones) is 1. The van der Waals surface area contributed by atoms with Gasteiger partial charge in [0.1, 0.15) is 6.61 Å². The predicted octanol–water partition coefficient (Wildman–Crippen LogP) is 4.93. The number of esters is 1. The van der Waals surface area contributed by atoms with Crippen molar-refractivity contribution in [1.82, 2.24) is 5.48 Å². The van der Waals surface area contributed by atoms with E-state index in [4.69, 9.17) is 9.57 Å². The average Bonchev–Trinajstić information content (AvgIpc) is 3.26. The topological polar surface area (TPSA) is 67.8 Å². The lowest BCUT2D eigenvalue weighted by molar-refractivity contribution is -0.208. The molecule has 0 aromatic rings. The summed E-state index contributed by atoms with van der Waals surface area (Å²) < 4.78 is 5.25. The van der Waals surface area contributed by atoms with E-state index >= 15 is 0 Å². The van der Waals surface area contributed by atoms with Crippen LogP contribution in [0, 0.1) is 34.5 Å². The third-order valence-electron chi connectivity index (χ3n) is 10.5. The van der Waals surface area contributed by atoms with Gasteiger partial charge in [-0.1, -0.05) is 13.8 Å². The average molecular weight is 446 g/mol. The number of hydroxylamine groups is 1. The summed E-state index contributed by atoms with van der Waals surface area (Å²) in [6, 6.07) is 0.434. The lowest BCUT2D eigenvalue weighted by Crippen LogP contribution is -2.62. The number of aliphatic hydroxyl groups is 1. The molecule has 4 aliphatic carbocycles. The van der Waals surface area contributed by atoms with Crippen LogP contribution in [0.1, 0.15) is 92.4 Å². The van der Waals surface area contributed by atoms with E-state index in [1.165, 1.54) is 25.7 Å². The molecule has 2 N–H and O–H groups in total. The minimum Gasteiger partial charge on any atom is -0.458 e. The molecule has 0 radical (unpaired) electrons. The zero-order valence-corrected chi connectivity index (χ0v) is 20.7. The van der Waals surface area contributed by atoms with Crippen molar-refractivity contribution < 1.29 is 19.5 Å². The van der Waals surface area contributed by atoms with E-state index in [1.807, 2.05) is 0 Å². The van der Waals surface area contributed by atoms with E-state index in [9.17, 15) is 9.90 Å². The summed E-state index contributed by atoms with van der Waals surface area (Å²) in [4.78, 5) is 17.6. The van der Waals surface area contributed by atoms with Crippen LogP contribution in [0.15, 0.2) is 11.6 Å². The molecule has 1 aliphatic heterocycles. The van der Waals surface area contributed by atoms with Crippen LogP contribution in [-0.4, -0.2) is 34.9 Å². The van der Waals surface area contributed by atoms with Crippen molar-refractivity contribution in [2.75, 3.05) is 6.61 Å². The number of nitrogens with one attached hydrogen (secondary N) is 1. The van der Waals surface area contributed by atoms with Crippen LogP contribution < -0.4 is 5.48 Å². The SMILES string of the molecule is CC(C)(C)ON[C@H]1CC[C@@]2(C)[C@H](CC[C@@H]3[C@@H]2CC[C@]2(C)[C@@H](C4=CC(=O)OC4)CC[C@]32O)C1. The summed E-state index contributed by atoms with van der Waals surface area (Å²) in [6.07, 6.45) is 11.7. The summed E-state index contributed by atoms with van der Waals surface area (Å²) in [5, 5.41) is 12.3. The molecule has 5 heteroatoms. The molecule has 5 aliphatic rings. The Kier molecular flexibility index (Phi) is 5.39. The Morgan fingerprint density at radius 2 is 1.84 bits per heavy atom. The van der Waals surface area contributed by atoms with Crippen molar-refractivity contribution in [3.8, 4) is 0 Å². The standard InChI is InChI=1S/C27H43NO4/c1-24(2,3)32-28-19-8-11-25(4)18(15-19)6-7-22-21(25)9-12-26(5)20(10-13-27(22,26)30)17-14-23(29)31-16-17/h14,18-22,28,30H,6-13,15-16H2,1-5H3/t18-,19+,20-,21+,22-,25+,26-,27+/m1/s1. The Morgan fingerprint density at radius 1 is 1.06 bits per heavy atom. The Hall–Kier alpha value is -0.910. The molecule has 5 rings (SSSR count). The van der Waals surface area contributed by atoms with Crippen molar-refractivity contribution in [1.29, 1.82) is 0 Å². The number of carbonyl (C=O) groups excluding carboxylic acids is 1. The number of hydrogen-bond donors (Lipinski definition) is 2. The maximum atomic E-state index is 12.3. The molecule has 0 amide bonds. The van der Waals surface area contributed by atoms with Gasteiger partial charge in [0.25, 0.3) is 0 Å². The normalized spacial score (nSPS) is 48.5. The lowest BCUT2D eigenvalue weighted by Gasteiger charge is -2.64. The van der Waals surface area contributed by atoms with Gasteiger partial charge in [-0.25, -0.2) is 4.79 Å². The summed E-state index contributed by atoms with van der Waals surface area (Å²) in [5.41, 5.74) is 3.88. The largest absolute Gasteiger partial charge is 0.458 e. The van der Waals surface area contributed by atoms with E-state index in [-0.39, 0.29) is 22.9 Å². The van der Waals surface area contributed by atoms with Crippen LogP contribution in [0.25, 0.3) is 0 Å². The third-order valence-corrected chi connectivity index (χ3v) is 10.5. The second-order valence-electron chi connectivity index (χ2n) is 13.1. The van der Waals surface area contributed by atoms with Crippen LogP contribution in [0.3, 0.4) is 0 Å². The molecular weight excluding hydrogens is 402 g/mol. The second kappa shape index (κ2) is 7.55. The minimum absolute atomic E-state index is 0.142. The van der Waals surface area contributed by atoms with Gasteiger partial charge in [0.2, 0.25) is 0 Å². The van der Waals surface area contributed by atoms with E-state index in [2.05, 4.69) is 40.1 Å². The van der Waals surface area contributed by atoms with Gasteiger partial charge in [0, 0.05) is 17.5 Å². The van der Waals surface area contributed by atoms with Crippen LogP contribution in [0.2, 0.25) is 0 Å². The Labute approximate surface area is 193 Å². The van der Waals surface area contributed by atoms with Crippen molar-refractivity contribution in [3.63, 3.8) is 0 Å². The number of fused-ring (bicyclic) bond motifs is 5. The Balaban J connectivity index is 1.34. The fraction of sp³-hybridized carbons (Fsp3) is 0.889. The van der Waals surface area contributed by atoms with Gasteiger partial charge >= 0.3 is 5.97 Å². The Morgan fingerprint density at radius 3 is 2.53 bits per heavy atom. The number of rotatable bonds is 3. The highest BCUT2D eigenvalue weighted by molar-refractivity contribution is 5.85.